The summed E-state index contributed by atoms with van der Waals surface area (Å²) >= 11 is 1.61. The summed E-state index contributed by atoms with van der Waals surface area (Å²) in [5.74, 6) is 0.876. The Morgan fingerprint density at radius 3 is 3.12 bits per heavy atom. The fourth-order valence-corrected chi connectivity index (χ4v) is 4.49. The maximum atomic E-state index is 12.7. The second-order valence-electron chi connectivity index (χ2n) is 6.63. The maximum absolute atomic E-state index is 12.7. The molecule has 1 saturated carbocycles. The number of rotatable bonds is 3. The summed E-state index contributed by atoms with van der Waals surface area (Å²) in [6.45, 7) is 0.870. The summed E-state index contributed by atoms with van der Waals surface area (Å²) < 4.78 is 0. The first-order valence-corrected chi connectivity index (χ1v) is 9.81. The number of thioether (sulfide) groups is 1. The smallest absolute Gasteiger partial charge is 0.259 e. The molecule has 1 aliphatic carbocycles. The van der Waals surface area contributed by atoms with Crippen molar-refractivity contribution in [2.75, 3.05) is 17.2 Å². The van der Waals surface area contributed by atoms with Gasteiger partial charge in [-0.15, -0.1) is 11.8 Å². The molecule has 2 aromatic heterocycles. The minimum atomic E-state index is -0.00332. The van der Waals surface area contributed by atoms with Crippen LogP contribution in [-0.2, 0) is 4.79 Å². The fourth-order valence-electron chi connectivity index (χ4n) is 3.59. The van der Waals surface area contributed by atoms with E-state index in [1.54, 1.807) is 18.0 Å². The number of carbonyl (C=O) groups excluding carboxylic acids is 1. The van der Waals surface area contributed by atoms with Crippen molar-refractivity contribution in [3.63, 3.8) is 0 Å². The SMILES string of the molecule is N[C@H]1CCCC[C@H]1NC(=O)C1=CN(c2ccnc3[nH]ccc23)CCS1. The van der Waals surface area contributed by atoms with Crippen LogP contribution in [0, 0.1) is 0 Å². The molecule has 1 amide bonds. The lowest BCUT2D eigenvalue weighted by Gasteiger charge is -2.31. The van der Waals surface area contributed by atoms with Crippen LogP contribution in [0.15, 0.2) is 35.6 Å². The van der Waals surface area contributed by atoms with Crippen LogP contribution in [0.1, 0.15) is 25.7 Å². The van der Waals surface area contributed by atoms with Crippen molar-refractivity contribution in [3.8, 4) is 0 Å². The molecule has 0 saturated heterocycles. The quantitative estimate of drug-likeness (QED) is 0.785. The summed E-state index contributed by atoms with van der Waals surface area (Å²) in [6, 6.07) is 4.18. The van der Waals surface area contributed by atoms with Crippen LogP contribution < -0.4 is 16.0 Å². The predicted octanol–water partition coefficient (Wildman–Crippen LogP) is 2.34. The van der Waals surface area contributed by atoms with Crippen molar-refractivity contribution in [2.24, 2.45) is 5.73 Å². The Hall–Kier alpha value is -1.99. The standard InChI is InChI=1S/C18H23N5OS/c19-13-3-1-2-4-14(13)22-18(24)16-11-23(9-10-25-16)15-6-8-21-17-12(15)5-7-20-17/h5-8,11,13-14H,1-4,9-10,19H2,(H,20,21)(H,22,24)/t13-,14+/m0/s1. The number of aromatic nitrogens is 2. The largest absolute Gasteiger partial charge is 0.347 e. The van der Waals surface area contributed by atoms with E-state index in [4.69, 9.17) is 5.73 Å². The molecular weight excluding hydrogens is 334 g/mol. The van der Waals surface area contributed by atoms with Gasteiger partial charge in [0.1, 0.15) is 5.65 Å². The average molecular weight is 357 g/mol. The summed E-state index contributed by atoms with van der Waals surface area (Å²) in [6.07, 6.45) is 9.91. The molecule has 4 N–H and O–H groups in total. The van der Waals surface area contributed by atoms with E-state index in [-0.39, 0.29) is 18.0 Å². The Morgan fingerprint density at radius 1 is 1.36 bits per heavy atom. The van der Waals surface area contributed by atoms with Crippen molar-refractivity contribution in [1.82, 2.24) is 15.3 Å². The van der Waals surface area contributed by atoms with Crippen LogP contribution in [0.5, 0.6) is 0 Å². The van der Waals surface area contributed by atoms with Crippen LogP contribution in [0.2, 0.25) is 0 Å². The number of anilines is 1. The molecule has 2 atom stereocenters. The maximum Gasteiger partial charge on any atom is 0.259 e. The highest BCUT2D eigenvalue weighted by Gasteiger charge is 2.26. The van der Waals surface area contributed by atoms with Gasteiger partial charge in [-0.05, 0) is 25.0 Å². The third-order valence-electron chi connectivity index (χ3n) is 4.97. The van der Waals surface area contributed by atoms with Gasteiger partial charge in [0.15, 0.2) is 0 Å². The van der Waals surface area contributed by atoms with Gasteiger partial charge in [0.25, 0.3) is 5.91 Å². The van der Waals surface area contributed by atoms with Gasteiger partial charge in [-0.3, -0.25) is 4.79 Å². The lowest BCUT2D eigenvalue weighted by Crippen LogP contribution is -2.49. The van der Waals surface area contributed by atoms with Crippen molar-refractivity contribution >= 4 is 34.4 Å². The zero-order valence-corrected chi connectivity index (χ0v) is 14.9. The normalized spacial score (nSPS) is 24.2. The average Bonchev–Trinajstić information content (AvgIpc) is 3.12. The second kappa shape index (κ2) is 7.09. The molecule has 0 unspecified atom stereocenters. The first-order valence-electron chi connectivity index (χ1n) is 8.82. The molecule has 7 heteroatoms. The summed E-state index contributed by atoms with van der Waals surface area (Å²) in [7, 11) is 0. The number of hydrogen-bond donors (Lipinski definition) is 3. The molecule has 2 aliphatic rings. The predicted molar refractivity (Wildman–Crippen MR) is 102 cm³/mol. The zero-order valence-electron chi connectivity index (χ0n) is 14.1. The number of nitrogens with zero attached hydrogens (tertiary/aromatic N) is 2. The molecule has 3 heterocycles. The Bertz CT molecular complexity index is 802. The summed E-state index contributed by atoms with van der Waals surface area (Å²) in [4.78, 5) is 23.1. The molecule has 6 nitrogen and oxygen atoms in total. The molecule has 4 rings (SSSR count). The van der Waals surface area contributed by atoms with E-state index in [2.05, 4.69) is 20.2 Å². The van der Waals surface area contributed by atoms with Gasteiger partial charge < -0.3 is 20.9 Å². The Morgan fingerprint density at radius 2 is 2.24 bits per heavy atom. The molecule has 25 heavy (non-hydrogen) atoms. The van der Waals surface area contributed by atoms with Crippen molar-refractivity contribution in [2.45, 2.75) is 37.8 Å². The minimum absolute atomic E-state index is 0.00332. The molecular formula is C18H23N5OS. The van der Waals surface area contributed by atoms with Gasteiger partial charge in [-0.2, -0.15) is 0 Å². The number of aromatic amines is 1. The van der Waals surface area contributed by atoms with Gasteiger partial charge >= 0.3 is 0 Å². The minimum Gasteiger partial charge on any atom is -0.347 e. The monoisotopic (exact) mass is 357 g/mol. The van der Waals surface area contributed by atoms with E-state index in [1.807, 2.05) is 24.5 Å². The molecule has 0 bridgehead atoms. The van der Waals surface area contributed by atoms with Crippen molar-refractivity contribution in [3.05, 3.63) is 35.6 Å². The second-order valence-corrected chi connectivity index (χ2v) is 7.77. The topological polar surface area (TPSA) is 87.0 Å². The Labute approximate surface area is 151 Å². The highest BCUT2D eigenvalue weighted by atomic mass is 32.2. The third kappa shape index (κ3) is 3.39. The number of nitrogens with two attached hydrogens (primary N) is 1. The first kappa shape index (κ1) is 16.5. The molecule has 0 aromatic carbocycles. The molecule has 1 fully saturated rings. The van der Waals surface area contributed by atoms with E-state index < -0.39 is 0 Å². The zero-order chi connectivity index (χ0) is 17.2. The van der Waals surface area contributed by atoms with Gasteiger partial charge in [-0.1, -0.05) is 12.8 Å². The van der Waals surface area contributed by atoms with Gasteiger partial charge in [0.05, 0.1) is 10.6 Å². The highest BCUT2D eigenvalue weighted by Crippen LogP contribution is 2.30. The van der Waals surface area contributed by atoms with Gasteiger partial charge in [0.2, 0.25) is 0 Å². The van der Waals surface area contributed by atoms with E-state index in [0.29, 0.717) is 0 Å². The third-order valence-corrected chi connectivity index (χ3v) is 5.96. The highest BCUT2D eigenvalue weighted by molar-refractivity contribution is 8.04. The number of pyridine rings is 1. The molecule has 1 aliphatic heterocycles. The fraction of sp³-hybridized carbons (Fsp3) is 0.444. The van der Waals surface area contributed by atoms with Gasteiger partial charge in [0, 0.05) is 48.4 Å². The summed E-state index contributed by atoms with van der Waals surface area (Å²) in [5, 5.41) is 4.21. The van der Waals surface area contributed by atoms with Crippen LogP contribution in [0.3, 0.4) is 0 Å². The van der Waals surface area contributed by atoms with Crippen LogP contribution in [-0.4, -0.2) is 40.3 Å². The number of hydrogen-bond acceptors (Lipinski definition) is 5. The van der Waals surface area contributed by atoms with E-state index in [0.717, 1.165) is 59.6 Å². The first-order chi connectivity index (χ1) is 12.2. The molecule has 0 spiro atoms. The van der Waals surface area contributed by atoms with E-state index >= 15 is 0 Å². The van der Waals surface area contributed by atoms with Crippen molar-refractivity contribution in [1.29, 1.82) is 0 Å². The number of fused-ring (bicyclic) bond motifs is 1. The van der Waals surface area contributed by atoms with Crippen LogP contribution in [0.4, 0.5) is 5.69 Å². The van der Waals surface area contributed by atoms with Crippen LogP contribution >= 0.6 is 11.8 Å². The number of carbonyl (C=O) groups is 1. The molecule has 132 valence electrons. The lowest BCUT2D eigenvalue weighted by atomic mass is 9.91. The van der Waals surface area contributed by atoms with E-state index in [9.17, 15) is 4.79 Å². The number of nitrogens with one attached hydrogen (secondary N) is 2. The Balaban J connectivity index is 1.54. The number of H-pyrrole nitrogens is 1. The molecule has 2 aromatic rings. The summed E-state index contributed by atoms with van der Waals surface area (Å²) in [5.41, 5.74) is 8.10. The lowest BCUT2D eigenvalue weighted by molar-refractivity contribution is -0.117. The molecule has 0 radical (unpaired) electrons. The van der Waals surface area contributed by atoms with Crippen LogP contribution in [0.25, 0.3) is 11.0 Å². The van der Waals surface area contributed by atoms with E-state index in [1.165, 1.54) is 0 Å². The Kier molecular flexibility index (Phi) is 4.67. The van der Waals surface area contributed by atoms with Gasteiger partial charge in [-0.25, -0.2) is 4.98 Å². The number of amides is 1. The van der Waals surface area contributed by atoms with Crippen molar-refractivity contribution < 1.29 is 4.79 Å².